The highest BCUT2D eigenvalue weighted by molar-refractivity contribution is 8.00. The van der Waals surface area contributed by atoms with Crippen LogP contribution < -0.4 is 10.4 Å². The molecule has 2 atom stereocenters. The summed E-state index contributed by atoms with van der Waals surface area (Å²) in [6, 6.07) is 21.1. The molecule has 1 aliphatic heterocycles. The SMILES string of the molecule is CC(=O)O[C@H]1CO[C@@H](CO[Si](c2ccccc2)(c2ccccc2)C(C)(C)C)S1. The van der Waals surface area contributed by atoms with E-state index in [9.17, 15) is 4.79 Å². The summed E-state index contributed by atoms with van der Waals surface area (Å²) in [5.74, 6) is -0.283. The van der Waals surface area contributed by atoms with Crippen molar-refractivity contribution in [3.05, 3.63) is 60.7 Å². The van der Waals surface area contributed by atoms with E-state index in [4.69, 9.17) is 13.9 Å². The molecule has 1 saturated heterocycles. The topological polar surface area (TPSA) is 44.8 Å². The number of hydrogen-bond acceptors (Lipinski definition) is 5. The fourth-order valence-corrected chi connectivity index (χ4v) is 9.39. The van der Waals surface area contributed by atoms with Gasteiger partial charge in [0.25, 0.3) is 8.32 Å². The number of rotatable bonds is 6. The molecular weight excluding hydrogens is 388 g/mol. The summed E-state index contributed by atoms with van der Waals surface area (Å²) in [4.78, 5) is 11.2. The lowest BCUT2D eigenvalue weighted by molar-refractivity contribution is -0.143. The molecule has 0 aromatic heterocycles. The summed E-state index contributed by atoms with van der Waals surface area (Å²) in [7, 11) is -2.57. The van der Waals surface area contributed by atoms with Crippen molar-refractivity contribution in [2.45, 2.75) is 43.6 Å². The van der Waals surface area contributed by atoms with Crippen LogP contribution in [0, 0.1) is 0 Å². The van der Waals surface area contributed by atoms with Gasteiger partial charge < -0.3 is 13.9 Å². The van der Waals surface area contributed by atoms with Crippen LogP contribution in [-0.2, 0) is 18.7 Å². The number of carbonyl (C=O) groups excluding carboxylic acids is 1. The van der Waals surface area contributed by atoms with Gasteiger partial charge in [0, 0.05) is 6.92 Å². The Bertz CT molecular complexity index is 737. The zero-order valence-electron chi connectivity index (χ0n) is 16.9. The minimum absolute atomic E-state index is 0.0751. The predicted molar refractivity (Wildman–Crippen MR) is 116 cm³/mol. The molecule has 2 aromatic carbocycles. The van der Waals surface area contributed by atoms with Gasteiger partial charge in [-0.05, 0) is 15.4 Å². The zero-order valence-corrected chi connectivity index (χ0v) is 18.7. The Labute approximate surface area is 172 Å². The molecule has 6 heteroatoms. The molecule has 0 amide bonds. The van der Waals surface area contributed by atoms with E-state index in [1.807, 2.05) is 12.1 Å². The molecule has 4 nitrogen and oxygen atoms in total. The lowest BCUT2D eigenvalue weighted by Gasteiger charge is -2.43. The Hall–Kier alpha value is -1.60. The van der Waals surface area contributed by atoms with Crippen molar-refractivity contribution < 1.29 is 18.7 Å². The summed E-state index contributed by atoms with van der Waals surface area (Å²) in [6.07, 6.45) is 0. The van der Waals surface area contributed by atoms with Crippen LogP contribution in [0.1, 0.15) is 27.7 Å². The van der Waals surface area contributed by atoms with E-state index in [0.717, 1.165) is 0 Å². The van der Waals surface area contributed by atoms with Crippen molar-refractivity contribution >= 4 is 36.4 Å². The molecular formula is C22H28O4SSi. The third-order valence-corrected chi connectivity index (χ3v) is 11.0. The van der Waals surface area contributed by atoms with Crippen LogP contribution in [0.2, 0.25) is 5.04 Å². The monoisotopic (exact) mass is 416 g/mol. The summed E-state index contributed by atoms with van der Waals surface area (Å²) in [6.45, 7) is 9.04. The van der Waals surface area contributed by atoms with Crippen LogP contribution in [0.5, 0.6) is 0 Å². The molecule has 0 spiro atoms. The van der Waals surface area contributed by atoms with Crippen molar-refractivity contribution in [2.75, 3.05) is 13.2 Å². The van der Waals surface area contributed by atoms with Crippen LogP contribution in [0.3, 0.4) is 0 Å². The largest absolute Gasteiger partial charge is 0.449 e. The average molecular weight is 417 g/mol. The molecule has 2 aromatic rings. The first kappa shape index (κ1) is 21.1. The van der Waals surface area contributed by atoms with E-state index < -0.39 is 8.32 Å². The Balaban J connectivity index is 1.90. The maximum Gasteiger partial charge on any atom is 0.303 e. The minimum Gasteiger partial charge on any atom is -0.449 e. The quantitative estimate of drug-likeness (QED) is 0.532. The molecule has 0 saturated carbocycles. The highest BCUT2D eigenvalue weighted by atomic mass is 32.2. The van der Waals surface area contributed by atoms with Gasteiger partial charge in [0.15, 0.2) is 5.44 Å². The van der Waals surface area contributed by atoms with E-state index in [1.165, 1.54) is 29.1 Å². The molecule has 0 N–H and O–H groups in total. The fraction of sp³-hybridized carbons (Fsp3) is 0.409. The average Bonchev–Trinajstić information content (AvgIpc) is 3.09. The van der Waals surface area contributed by atoms with E-state index in [2.05, 4.69) is 69.3 Å². The fourth-order valence-electron chi connectivity index (χ4n) is 3.72. The standard InChI is InChI=1S/C22H28O4SSi/c1-17(23)26-21-15-24-20(27-21)16-25-28(22(2,3)4,18-11-7-5-8-12-18)19-13-9-6-10-14-19/h5-14,20-21H,15-16H2,1-4H3/t20-,21-/m1/s1. The molecule has 1 fully saturated rings. The van der Waals surface area contributed by atoms with Crippen LogP contribution in [-0.4, -0.2) is 38.4 Å². The third kappa shape index (κ3) is 4.51. The van der Waals surface area contributed by atoms with Gasteiger partial charge in [-0.1, -0.05) is 93.2 Å². The van der Waals surface area contributed by atoms with Crippen molar-refractivity contribution in [1.29, 1.82) is 0 Å². The van der Waals surface area contributed by atoms with Gasteiger partial charge in [-0.15, -0.1) is 0 Å². The lowest BCUT2D eigenvalue weighted by Crippen LogP contribution is -2.67. The normalized spacial score (nSPS) is 20.1. The van der Waals surface area contributed by atoms with Gasteiger partial charge in [0.2, 0.25) is 0 Å². The van der Waals surface area contributed by atoms with Crippen LogP contribution in [0.4, 0.5) is 0 Å². The molecule has 0 aliphatic carbocycles. The smallest absolute Gasteiger partial charge is 0.303 e. The van der Waals surface area contributed by atoms with Gasteiger partial charge >= 0.3 is 5.97 Å². The van der Waals surface area contributed by atoms with Gasteiger partial charge in [0.05, 0.1) is 13.2 Å². The van der Waals surface area contributed by atoms with Crippen molar-refractivity contribution in [1.82, 2.24) is 0 Å². The Morgan fingerprint density at radius 1 is 1.07 bits per heavy atom. The summed E-state index contributed by atoms with van der Waals surface area (Å²) < 4.78 is 18.0. The summed E-state index contributed by atoms with van der Waals surface area (Å²) in [5.41, 5.74) is -0.406. The number of ether oxygens (including phenoxy) is 2. The summed E-state index contributed by atoms with van der Waals surface area (Å²) in [5, 5.41) is 2.41. The molecule has 150 valence electrons. The molecule has 0 radical (unpaired) electrons. The van der Waals surface area contributed by atoms with E-state index in [-0.39, 0.29) is 21.9 Å². The maximum atomic E-state index is 11.2. The second-order valence-corrected chi connectivity index (χ2v) is 13.5. The molecule has 1 aliphatic rings. The second-order valence-electron chi connectivity index (χ2n) is 7.91. The Morgan fingerprint density at radius 2 is 1.61 bits per heavy atom. The zero-order chi connectivity index (χ0) is 20.2. The Kier molecular flexibility index (Phi) is 6.65. The van der Waals surface area contributed by atoms with E-state index in [0.29, 0.717) is 13.2 Å². The highest BCUT2D eigenvalue weighted by Crippen LogP contribution is 2.38. The van der Waals surface area contributed by atoms with Gasteiger partial charge in [-0.3, -0.25) is 4.79 Å². The molecule has 1 heterocycles. The molecule has 0 bridgehead atoms. The first-order valence-electron chi connectivity index (χ1n) is 9.52. The number of thioether (sulfide) groups is 1. The van der Waals surface area contributed by atoms with Crippen molar-refractivity contribution in [3.8, 4) is 0 Å². The van der Waals surface area contributed by atoms with Gasteiger partial charge in [0.1, 0.15) is 5.44 Å². The maximum absolute atomic E-state index is 11.2. The number of carbonyl (C=O) groups is 1. The van der Waals surface area contributed by atoms with E-state index >= 15 is 0 Å². The van der Waals surface area contributed by atoms with Gasteiger partial charge in [-0.25, -0.2) is 0 Å². The first-order valence-corrected chi connectivity index (χ1v) is 12.4. The predicted octanol–water partition coefficient (Wildman–Crippen LogP) is 3.54. The number of benzene rings is 2. The lowest BCUT2D eigenvalue weighted by atomic mass is 10.2. The summed E-state index contributed by atoms with van der Waals surface area (Å²) >= 11 is 1.51. The van der Waals surface area contributed by atoms with Crippen LogP contribution in [0.25, 0.3) is 0 Å². The molecule has 28 heavy (non-hydrogen) atoms. The van der Waals surface area contributed by atoms with Crippen LogP contribution >= 0.6 is 11.8 Å². The number of hydrogen-bond donors (Lipinski definition) is 0. The number of esters is 1. The molecule has 3 rings (SSSR count). The van der Waals surface area contributed by atoms with Gasteiger partial charge in [-0.2, -0.15) is 0 Å². The third-order valence-electron chi connectivity index (χ3n) is 4.87. The Morgan fingerprint density at radius 3 is 2.07 bits per heavy atom. The minimum atomic E-state index is -2.57. The first-order chi connectivity index (χ1) is 13.3. The molecule has 0 unspecified atom stereocenters. The highest BCUT2D eigenvalue weighted by Gasteiger charge is 2.50. The van der Waals surface area contributed by atoms with E-state index in [1.54, 1.807) is 0 Å². The van der Waals surface area contributed by atoms with Crippen molar-refractivity contribution in [2.24, 2.45) is 0 Å². The second kappa shape index (κ2) is 8.82. The van der Waals surface area contributed by atoms with Crippen LogP contribution in [0.15, 0.2) is 60.7 Å². The van der Waals surface area contributed by atoms with Crippen molar-refractivity contribution in [3.63, 3.8) is 0 Å².